The van der Waals surface area contributed by atoms with Crippen LogP contribution in [0, 0.1) is 5.92 Å². The molecule has 1 unspecified atom stereocenters. The van der Waals surface area contributed by atoms with Gasteiger partial charge in [-0.15, -0.1) is 0 Å². The zero-order valence-corrected chi connectivity index (χ0v) is 12.4. The van der Waals surface area contributed by atoms with Crippen molar-refractivity contribution in [3.05, 3.63) is 24.3 Å². The van der Waals surface area contributed by atoms with E-state index in [-0.39, 0.29) is 6.10 Å². The Morgan fingerprint density at radius 2 is 2.16 bits per heavy atom. The molecule has 0 radical (unpaired) electrons. The second-order valence-electron chi connectivity index (χ2n) is 5.81. The van der Waals surface area contributed by atoms with E-state index in [2.05, 4.69) is 43.2 Å². The van der Waals surface area contributed by atoms with Crippen LogP contribution in [-0.2, 0) is 0 Å². The molecule has 1 fully saturated rings. The van der Waals surface area contributed by atoms with Gasteiger partial charge in [0.1, 0.15) is 5.75 Å². The van der Waals surface area contributed by atoms with E-state index >= 15 is 0 Å². The number of nitrogens with one attached hydrogen (secondary N) is 1. The van der Waals surface area contributed by atoms with E-state index in [9.17, 15) is 0 Å². The molecule has 0 aliphatic carbocycles. The van der Waals surface area contributed by atoms with Crippen LogP contribution >= 0.6 is 0 Å². The standard InChI is InChI=1S/C16H26N2O/c1-13(2)19-16-9-5-4-8-15(16)17-11-14-7-6-10-18(3)12-14/h4-5,8-9,13-14,17H,6-7,10-12H2,1-3H3. The van der Waals surface area contributed by atoms with Crippen LogP contribution in [0.25, 0.3) is 0 Å². The van der Waals surface area contributed by atoms with Crippen LogP contribution in [0.1, 0.15) is 26.7 Å². The number of para-hydroxylation sites is 2. The lowest BCUT2D eigenvalue weighted by atomic mass is 9.98. The number of rotatable bonds is 5. The van der Waals surface area contributed by atoms with Crippen LogP contribution in [0.2, 0.25) is 0 Å². The van der Waals surface area contributed by atoms with Crippen LogP contribution in [-0.4, -0.2) is 37.7 Å². The fourth-order valence-corrected chi connectivity index (χ4v) is 2.66. The average molecular weight is 262 g/mol. The fraction of sp³-hybridized carbons (Fsp3) is 0.625. The SMILES string of the molecule is CC(C)Oc1ccccc1NCC1CCCN(C)C1. The summed E-state index contributed by atoms with van der Waals surface area (Å²) in [6.07, 6.45) is 2.85. The summed E-state index contributed by atoms with van der Waals surface area (Å²) >= 11 is 0. The third-order valence-corrected chi connectivity index (χ3v) is 3.55. The highest BCUT2D eigenvalue weighted by atomic mass is 16.5. The molecular weight excluding hydrogens is 236 g/mol. The molecule has 2 rings (SSSR count). The molecule has 0 saturated carbocycles. The van der Waals surface area contributed by atoms with Crippen molar-refractivity contribution < 1.29 is 4.74 Å². The smallest absolute Gasteiger partial charge is 0.142 e. The molecule has 0 amide bonds. The van der Waals surface area contributed by atoms with Crippen molar-refractivity contribution in [3.8, 4) is 5.75 Å². The molecule has 106 valence electrons. The maximum Gasteiger partial charge on any atom is 0.142 e. The lowest BCUT2D eigenvalue weighted by Gasteiger charge is -2.30. The average Bonchev–Trinajstić information content (AvgIpc) is 2.37. The number of anilines is 1. The normalized spacial score (nSPS) is 20.5. The summed E-state index contributed by atoms with van der Waals surface area (Å²) < 4.78 is 5.83. The van der Waals surface area contributed by atoms with Crippen molar-refractivity contribution >= 4 is 5.69 Å². The number of benzene rings is 1. The van der Waals surface area contributed by atoms with Crippen molar-refractivity contribution in [3.63, 3.8) is 0 Å². The zero-order chi connectivity index (χ0) is 13.7. The molecule has 19 heavy (non-hydrogen) atoms. The van der Waals surface area contributed by atoms with E-state index in [0.717, 1.165) is 23.9 Å². The summed E-state index contributed by atoms with van der Waals surface area (Å²) in [6.45, 7) is 7.59. The first-order valence-corrected chi connectivity index (χ1v) is 7.33. The molecule has 1 aliphatic rings. The van der Waals surface area contributed by atoms with Gasteiger partial charge in [-0.2, -0.15) is 0 Å². The monoisotopic (exact) mass is 262 g/mol. The van der Waals surface area contributed by atoms with Gasteiger partial charge in [-0.25, -0.2) is 0 Å². The first-order valence-electron chi connectivity index (χ1n) is 7.33. The predicted molar refractivity (Wildman–Crippen MR) is 80.9 cm³/mol. The lowest BCUT2D eigenvalue weighted by molar-refractivity contribution is 0.216. The molecular formula is C16H26N2O. The summed E-state index contributed by atoms with van der Waals surface area (Å²) in [7, 11) is 2.21. The van der Waals surface area contributed by atoms with Crippen LogP contribution < -0.4 is 10.1 Å². The minimum atomic E-state index is 0.212. The Morgan fingerprint density at radius 1 is 1.37 bits per heavy atom. The van der Waals surface area contributed by atoms with Gasteiger partial charge in [-0.05, 0) is 58.3 Å². The molecule has 3 nitrogen and oxygen atoms in total. The maximum atomic E-state index is 5.83. The lowest BCUT2D eigenvalue weighted by Crippen LogP contribution is -2.35. The molecule has 1 N–H and O–H groups in total. The highest BCUT2D eigenvalue weighted by Gasteiger charge is 2.17. The number of nitrogens with zero attached hydrogens (tertiary/aromatic N) is 1. The van der Waals surface area contributed by atoms with E-state index in [4.69, 9.17) is 4.74 Å². The topological polar surface area (TPSA) is 24.5 Å². The number of ether oxygens (including phenoxy) is 1. The van der Waals surface area contributed by atoms with E-state index in [0.29, 0.717) is 0 Å². The molecule has 1 heterocycles. The summed E-state index contributed by atoms with van der Waals surface area (Å²) in [5, 5.41) is 3.56. The minimum absolute atomic E-state index is 0.212. The van der Waals surface area contributed by atoms with Gasteiger partial charge in [-0.1, -0.05) is 12.1 Å². The number of piperidine rings is 1. The Labute approximate surface area is 116 Å². The molecule has 0 spiro atoms. The maximum absolute atomic E-state index is 5.83. The predicted octanol–water partition coefficient (Wildman–Crippen LogP) is 3.23. The minimum Gasteiger partial charge on any atom is -0.489 e. The Hall–Kier alpha value is -1.22. The van der Waals surface area contributed by atoms with Gasteiger partial charge < -0.3 is 15.0 Å². The Balaban J connectivity index is 1.91. The third-order valence-electron chi connectivity index (χ3n) is 3.55. The van der Waals surface area contributed by atoms with E-state index in [1.807, 2.05) is 12.1 Å². The molecule has 0 aromatic heterocycles. The van der Waals surface area contributed by atoms with Crippen LogP contribution in [0.5, 0.6) is 5.75 Å². The second-order valence-corrected chi connectivity index (χ2v) is 5.81. The number of hydrogen-bond donors (Lipinski definition) is 1. The summed E-state index contributed by atoms with van der Waals surface area (Å²) in [4.78, 5) is 2.42. The summed E-state index contributed by atoms with van der Waals surface area (Å²) in [5.41, 5.74) is 1.12. The van der Waals surface area contributed by atoms with Gasteiger partial charge in [0.05, 0.1) is 11.8 Å². The van der Waals surface area contributed by atoms with Gasteiger partial charge in [0.25, 0.3) is 0 Å². The molecule has 1 aliphatic heterocycles. The number of likely N-dealkylation sites (tertiary alicyclic amines) is 1. The van der Waals surface area contributed by atoms with Crippen molar-refractivity contribution in [1.82, 2.24) is 4.90 Å². The van der Waals surface area contributed by atoms with Crippen LogP contribution in [0.3, 0.4) is 0 Å². The van der Waals surface area contributed by atoms with Crippen molar-refractivity contribution in [1.29, 1.82) is 0 Å². The quantitative estimate of drug-likeness (QED) is 0.881. The Morgan fingerprint density at radius 3 is 2.89 bits per heavy atom. The molecule has 1 saturated heterocycles. The first-order chi connectivity index (χ1) is 9.15. The van der Waals surface area contributed by atoms with Crippen LogP contribution in [0.15, 0.2) is 24.3 Å². The Bertz CT molecular complexity index is 392. The highest BCUT2D eigenvalue weighted by molar-refractivity contribution is 5.56. The van der Waals surface area contributed by atoms with E-state index in [1.54, 1.807) is 0 Å². The summed E-state index contributed by atoms with van der Waals surface area (Å²) in [5.74, 6) is 1.70. The van der Waals surface area contributed by atoms with Gasteiger partial charge in [-0.3, -0.25) is 0 Å². The Kier molecular flexibility index (Phi) is 5.08. The fourth-order valence-electron chi connectivity index (χ4n) is 2.66. The van der Waals surface area contributed by atoms with Crippen molar-refractivity contribution in [2.75, 3.05) is 32.0 Å². The van der Waals surface area contributed by atoms with Crippen LogP contribution in [0.4, 0.5) is 5.69 Å². The zero-order valence-electron chi connectivity index (χ0n) is 12.4. The van der Waals surface area contributed by atoms with Gasteiger partial charge in [0.2, 0.25) is 0 Å². The van der Waals surface area contributed by atoms with Gasteiger partial charge in [0, 0.05) is 13.1 Å². The van der Waals surface area contributed by atoms with Crippen molar-refractivity contribution in [2.45, 2.75) is 32.8 Å². The largest absolute Gasteiger partial charge is 0.489 e. The number of hydrogen-bond acceptors (Lipinski definition) is 3. The van der Waals surface area contributed by atoms with E-state index in [1.165, 1.54) is 25.9 Å². The van der Waals surface area contributed by atoms with Crippen molar-refractivity contribution in [2.24, 2.45) is 5.92 Å². The molecule has 1 aromatic carbocycles. The van der Waals surface area contributed by atoms with E-state index < -0.39 is 0 Å². The van der Waals surface area contributed by atoms with Gasteiger partial charge >= 0.3 is 0 Å². The highest BCUT2D eigenvalue weighted by Crippen LogP contribution is 2.26. The molecule has 3 heteroatoms. The second kappa shape index (κ2) is 6.80. The molecule has 1 aromatic rings. The molecule has 1 atom stereocenters. The third kappa shape index (κ3) is 4.43. The summed E-state index contributed by atoms with van der Waals surface area (Å²) in [6, 6.07) is 8.22. The van der Waals surface area contributed by atoms with Gasteiger partial charge in [0.15, 0.2) is 0 Å². The molecule has 0 bridgehead atoms. The first kappa shape index (κ1) is 14.2.